The number of hydrogen-bond acceptors (Lipinski definition) is 10. The molecule has 0 bridgehead atoms. The van der Waals surface area contributed by atoms with Crippen LogP contribution < -0.4 is 10.5 Å². The molecular weight excluding hydrogens is 452 g/mol. The molecule has 12 heteroatoms. The molecule has 9 nitrogen and oxygen atoms in total. The molecule has 3 aromatic rings. The predicted octanol–water partition coefficient (Wildman–Crippen LogP) is 3.48. The summed E-state index contributed by atoms with van der Waals surface area (Å²) in [4.78, 5) is 16.5. The Kier molecular flexibility index (Phi) is 6.27. The Hall–Kier alpha value is -3.54. The van der Waals surface area contributed by atoms with Crippen LogP contribution >= 0.6 is 11.9 Å². The van der Waals surface area contributed by atoms with Crippen LogP contribution in [0, 0.1) is 12.7 Å². The summed E-state index contributed by atoms with van der Waals surface area (Å²) in [5, 5.41) is 3.66. The molecule has 0 aliphatic carbocycles. The minimum absolute atomic E-state index is 0.00480. The summed E-state index contributed by atoms with van der Waals surface area (Å²) in [7, 11) is 1.79. The second kappa shape index (κ2) is 9.14. The molecule has 0 saturated heterocycles. The van der Waals surface area contributed by atoms with E-state index in [1.54, 1.807) is 31.3 Å². The Bertz CT molecular complexity index is 1220. The number of rotatable bonds is 6. The van der Waals surface area contributed by atoms with Gasteiger partial charge in [0.2, 0.25) is 11.8 Å². The molecule has 172 valence electrons. The topological polar surface area (TPSA) is 116 Å². The standard InChI is InChI=1S/C21H21F2N7O2S/c1-12-27-19(32-29-12)10-31-18-9-25-17(8-26-18)16(23)7-13-4-5-15(22)14(6-13)21(2)11-33-30(3)20(24)28-21/h4-9H,10-11H2,1-3H3,(H2,24,28)/b16-7-/t21-/m0/s1. The number of aliphatic imine (C=N–C) groups is 1. The van der Waals surface area contributed by atoms with Gasteiger partial charge in [-0.1, -0.05) is 11.2 Å². The zero-order chi connectivity index (χ0) is 23.6. The van der Waals surface area contributed by atoms with Crippen LogP contribution in [0.15, 0.2) is 40.1 Å². The Morgan fingerprint density at radius 2 is 2.18 bits per heavy atom. The third kappa shape index (κ3) is 5.11. The summed E-state index contributed by atoms with van der Waals surface area (Å²) in [5.74, 6) is 0.679. The van der Waals surface area contributed by atoms with Crippen LogP contribution in [0.1, 0.15) is 35.5 Å². The van der Waals surface area contributed by atoms with Crippen molar-refractivity contribution in [3.05, 3.63) is 64.9 Å². The molecule has 0 spiro atoms. The summed E-state index contributed by atoms with van der Waals surface area (Å²) >= 11 is 1.44. The number of nitrogens with two attached hydrogens (primary N) is 1. The molecule has 2 aromatic heterocycles. The Labute approximate surface area is 192 Å². The highest BCUT2D eigenvalue weighted by molar-refractivity contribution is 7.97. The summed E-state index contributed by atoms with van der Waals surface area (Å²) < 4.78 is 41.5. The first-order valence-corrected chi connectivity index (χ1v) is 10.8. The first-order chi connectivity index (χ1) is 15.7. The molecule has 1 aromatic carbocycles. The lowest BCUT2D eigenvalue weighted by Gasteiger charge is -2.34. The van der Waals surface area contributed by atoms with E-state index in [0.29, 0.717) is 34.6 Å². The lowest BCUT2D eigenvalue weighted by molar-refractivity contribution is 0.234. The van der Waals surface area contributed by atoms with E-state index in [4.69, 9.17) is 15.0 Å². The van der Waals surface area contributed by atoms with Crippen molar-refractivity contribution in [2.75, 3.05) is 12.8 Å². The average Bonchev–Trinajstić information content (AvgIpc) is 3.22. The monoisotopic (exact) mass is 473 g/mol. The number of ether oxygens (including phenoxy) is 1. The minimum Gasteiger partial charge on any atom is -0.466 e. The highest BCUT2D eigenvalue weighted by atomic mass is 32.2. The zero-order valence-electron chi connectivity index (χ0n) is 18.1. The van der Waals surface area contributed by atoms with E-state index >= 15 is 0 Å². The lowest BCUT2D eigenvalue weighted by atomic mass is 9.92. The van der Waals surface area contributed by atoms with Crippen molar-refractivity contribution in [1.29, 1.82) is 0 Å². The van der Waals surface area contributed by atoms with Gasteiger partial charge in [0.1, 0.15) is 17.1 Å². The first-order valence-electron chi connectivity index (χ1n) is 9.87. The van der Waals surface area contributed by atoms with Crippen molar-refractivity contribution in [2.24, 2.45) is 10.7 Å². The summed E-state index contributed by atoms with van der Waals surface area (Å²) in [6.45, 7) is 3.50. The van der Waals surface area contributed by atoms with Gasteiger partial charge in [-0.05, 0) is 49.6 Å². The maximum absolute atomic E-state index is 14.8. The molecule has 0 saturated carbocycles. The number of hydrogen-bond donors (Lipinski definition) is 1. The van der Waals surface area contributed by atoms with Gasteiger partial charge in [0, 0.05) is 18.4 Å². The van der Waals surface area contributed by atoms with Gasteiger partial charge in [-0.25, -0.2) is 23.7 Å². The first kappa shape index (κ1) is 22.6. The van der Waals surface area contributed by atoms with Crippen LogP contribution in [0.25, 0.3) is 11.9 Å². The van der Waals surface area contributed by atoms with Gasteiger partial charge in [-0.2, -0.15) is 4.98 Å². The van der Waals surface area contributed by atoms with Gasteiger partial charge in [-0.3, -0.25) is 4.31 Å². The molecule has 1 aliphatic heterocycles. The normalized spacial score (nSPS) is 18.9. The third-order valence-corrected chi connectivity index (χ3v) is 6.14. The third-order valence-electron chi connectivity index (χ3n) is 4.87. The molecule has 3 heterocycles. The fraction of sp³-hybridized carbons (Fsp3) is 0.286. The molecule has 2 N–H and O–H groups in total. The fourth-order valence-corrected chi connectivity index (χ4v) is 3.93. The fourth-order valence-electron chi connectivity index (χ4n) is 3.10. The van der Waals surface area contributed by atoms with Crippen LogP contribution in [0.4, 0.5) is 8.78 Å². The smallest absolute Gasteiger partial charge is 0.264 e. The van der Waals surface area contributed by atoms with Crippen molar-refractivity contribution in [2.45, 2.75) is 26.0 Å². The van der Waals surface area contributed by atoms with Crippen molar-refractivity contribution in [1.82, 2.24) is 24.4 Å². The van der Waals surface area contributed by atoms with Gasteiger partial charge in [0.05, 0.1) is 12.4 Å². The summed E-state index contributed by atoms with van der Waals surface area (Å²) in [6, 6.07) is 4.33. The maximum Gasteiger partial charge on any atom is 0.264 e. The van der Waals surface area contributed by atoms with Gasteiger partial charge in [-0.15, -0.1) is 0 Å². The molecule has 0 amide bonds. The van der Waals surface area contributed by atoms with E-state index in [1.807, 2.05) is 0 Å². The quantitative estimate of drug-likeness (QED) is 0.537. The number of aryl methyl sites for hydroxylation is 1. The van der Waals surface area contributed by atoms with E-state index in [-0.39, 0.29) is 18.2 Å². The van der Waals surface area contributed by atoms with Crippen LogP contribution in [0.3, 0.4) is 0 Å². The number of benzene rings is 1. The largest absolute Gasteiger partial charge is 0.466 e. The van der Waals surface area contributed by atoms with Gasteiger partial charge in [0.15, 0.2) is 18.3 Å². The Morgan fingerprint density at radius 3 is 2.85 bits per heavy atom. The van der Waals surface area contributed by atoms with Crippen molar-refractivity contribution in [3.63, 3.8) is 0 Å². The average molecular weight is 474 g/mol. The van der Waals surface area contributed by atoms with Gasteiger partial charge >= 0.3 is 0 Å². The summed E-state index contributed by atoms with van der Waals surface area (Å²) in [5.41, 5.74) is 5.85. The number of aromatic nitrogens is 4. The van der Waals surface area contributed by atoms with Gasteiger partial charge < -0.3 is 15.0 Å². The van der Waals surface area contributed by atoms with Crippen LogP contribution in [0.2, 0.25) is 0 Å². The summed E-state index contributed by atoms with van der Waals surface area (Å²) in [6.07, 6.45) is 3.79. The van der Waals surface area contributed by atoms with Gasteiger partial charge in [0.25, 0.3) is 5.89 Å². The highest BCUT2D eigenvalue weighted by Crippen LogP contribution is 2.36. The zero-order valence-corrected chi connectivity index (χ0v) is 18.9. The molecule has 4 rings (SSSR count). The number of guanidine groups is 1. The number of nitrogens with zero attached hydrogens (tertiary/aromatic N) is 6. The number of halogens is 2. The SMILES string of the molecule is Cc1noc(COc2cnc(/C(F)=C/c3ccc(F)c([C@]4(C)CSN(C)C(N)=N4)c3)cn2)n1. The molecule has 0 unspecified atom stereocenters. The minimum atomic E-state index is -0.874. The molecule has 1 atom stereocenters. The predicted molar refractivity (Wildman–Crippen MR) is 120 cm³/mol. The van der Waals surface area contributed by atoms with Crippen LogP contribution in [-0.4, -0.2) is 43.2 Å². The molecule has 0 fully saturated rings. The second-order valence-electron chi connectivity index (χ2n) is 7.51. The van der Waals surface area contributed by atoms with Crippen molar-refractivity contribution < 1.29 is 18.0 Å². The molecule has 0 radical (unpaired) electrons. The highest BCUT2D eigenvalue weighted by Gasteiger charge is 2.34. The van der Waals surface area contributed by atoms with E-state index in [0.717, 1.165) is 0 Å². The molecule has 33 heavy (non-hydrogen) atoms. The van der Waals surface area contributed by atoms with Crippen molar-refractivity contribution >= 4 is 29.8 Å². The maximum atomic E-state index is 14.8. The molecular formula is C21H21F2N7O2S. The Balaban J connectivity index is 1.51. The van der Waals surface area contributed by atoms with E-state index in [9.17, 15) is 8.78 Å². The second-order valence-corrected chi connectivity index (χ2v) is 8.60. The van der Waals surface area contributed by atoms with E-state index in [1.165, 1.54) is 42.6 Å². The van der Waals surface area contributed by atoms with E-state index in [2.05, 4.69) is 25.1 Å². The van der Waals surface area contributed by atoms with Crippen LogP contribution in [-0.2, 0) is 12.1 Å². The molecule has 1 aliphatic rings. The van der Waals surface area contributed by atoms with Crippen LogP contribution in [0.5, 0.6) is 5.88 Å². The van der Waals surface area contributed by atoms with Crippen molar-refractivity contribution in [3.8, 4) is 5.88 Å². The lowest BCUT2D eigenvalue weighted by Crippen LogP contribution is -2.40. The Morgan fingerprint density at radius 1 is 1.36 bits per heavy atom. The van der Waals surface area contributed by atoms with E-state index < -0.39 is 17.2 Å².